The summed E-state index contributed by atoms with van der Waals surface area (Å²) >= 11 is 5.62. The van der Waals surface area contributed by atoms with E-state index in [4.69, 9.17) is 0 Å². The lowest BCUT2D eigenvalue weighted by Gasteiger charge is -2.27. The number of fused-ring (bicyclic) bond motifs is 9. The van der Waals surface area contributed by atoms with Crippen molar-refractivity contribution in [2.45, 2.75) is 0 Å². The van der Waals surface area contributed by atoms with Crippen molar-refractivity contribution < 1.29 is 0 Å². The van der Waals surface area contributed by atoms with Gasteiger partial charge in [0.1, 0.15) is 0 Å². The normalized spacial score (nSPS) is 11.8. The van der Waals surface area contributed by atoms with E-state index < -0.39 is 0 Å². The fraction of sp³-hybridized carbons (Fsp3) is 0. The average molecular weight is 716 g/mol. The molecule has 0 fully saturated rings. The predicted molar refractivity (Wildman–Crippen MR) is 231 cm³/mol. The van der Waals surface area contributed by atoms with Gasteiger partial charge < -0.3 is 4.90 Å². The molecule has 3 aromatic heterocycles. The zero-order valence-electron chi connectivity index (χ0n) is 27.9. The average Bonchev–Trinajstić information content (AvgIpc) is 3.90. The maximum Gasteiger partial charge on any atom is 0.0640 e. The highest BCUT2D eigenvalue weighted by molar-refractivity contribution is 7.27. The van der Waals surface area contributed by atoms with Crippen molar-refractivity contribution in [3.63, 3.8) is 0 Å². The standard InChI is InChI=1S/C48H29NS3/c1-4-18-42-36(12-1)38-27-24-32(29-46(38)51-42)31-10-7-11-34(28-31)49(41-17-8-16-39-37-13-2-5-19-43(37)52-48(39)41)33-25-22-30(23-26-33)35-15-9-21-45-47(35)40-14-3-6-20-44(40)50-45/h1-29H. The van der Waals surface area contributed by atoms with Gasteiger partial charge in [0.2, 0.25) is 0 Å². The summed E-state index contributed by atoms with van der Waals surface area (Å²) in [5, 5.41) is 7.92. The smallest absolute Gasteiger partial charge is 0.0640 e. The Morgan fingerprint density at radius 2 is 0.904 bits per heavy atom. The van der Waals surface area contributed by atoms with Gasteiger partial charge in [-0.25, -0.2) is 0 Å². The lowest BCUT2D eigenvalue weighted by Crippen LogP contribution is -2.10. The highest BCUT2D eigenvalue weighted by Gasteiger charge is 2.19. The van der Waals surface area contributed by atoms with E-state index in [-0.39, 0.29) is 0 Å². The molecule has 8 aromatic carbocycles. The highest BCUT2D eigenvalue weighted by atomic mass is 32.1. The Balaban J connectivity index is 1.08. The van der Waals surface area contributed by atoms with E-state index in [9.17, 15) is 0 Å². The molecule has 0 N–H and O–H groups in total. The summed E-state index contributed by atoms with van der Waals surface area (Å²) in [6.07, 6.45) is 0. The molecule has 0 aliphatic rings. The number of rotatable bonds is 5. The molecule has 244 valence electrons. The maximum absolute atomic E-state index is 2.45. The van der Waals surface area contributed by atoms with Crippen LogP contribution in [0.2, 0.25) is 0 Å². The third-order valence-electron chi connectivity index (χ3n) is 10.3. The Kier molecular flexibility index (Phi) is 6.84. The third-order valence-corrected chi connectivity index (χ3v) is 13.8. The van der Waals surface area contributed by atoms with Crippen LogP contribution < -0.4 is 4.90 Å². The molecule has 0 saturated carbocycles. The molecule has 11 rings (SSSR count). The van der Waals surface area contributed by atoms with Gasteiger partial charge in [0.15, 0.2) is 0 Å². The predicted octanol–water partition coefficient (Wildman–Crippen LogP) is 15.6. The van der Waals surface area contributed by atoms with E-state index in [1.807, 2.05) is 34.0 Å². The summed E-state index contributed by atoms with van der Waals surface area (Å²) in [5.41, 5.74) is 8.40. The van der Waals surface area contributed by atoms with Crippen LogP contribution in [0.3, 0.4) is 0 Å². The van der Waals surface area contributed by atoms with Gasteiger partial charge in [0, 0.05) is 67.2 Å². The number of benzene rings is 8. The van der Waals surface area contributed by atoms with E-state index in [0.717, 1.165) is 11.4 Å². The Labute approximate surface area is 312 Å². The van der Waals surface area contributed by atoms with Crippen molar-refractivity contribution in [3.05, 3.63) is 176 Å². The second kappa shape index (κ2) is 11.9. The molecule has 4 heteroatoms. The quantitative estimate of drug-likeness (QED) is 0.171. The van der Waals surface area contributed by atoms with E-state index in [1.165, 1.54) is 88.5 Å². The minimum atomic E-state index is 1.13. The fourth-order valence-corrected chi connectivity index (χ4v) is 11.4. The van der Waals surface area contributed by atoms with Crippen LogP contribution in [0.4, 0.5) is 17.1 Å². The van der Waals surface area contributed by atoms with Crippen molar-refractivity contribution in [2.75, 3.05) is 4.90 Å². The summed E-state index contributed by atoms with van der Waals surface area (Å²) in [6, 6.07) is 64.9. The van der Waals surface area contributed by atoms with Crippen LogP contribution in [0.5, 0.6) is 0 Å². The van der Waals surface area contributed by atoms with E-state index >= 15 is 0 Å². The monoisotopic (exact) mass is 715 g/mol. The first-order valence-electron chi connectivity index (χ1n) is 17.5. The third kappa shape index (κ3) is 4.72. The van der Waals surface area contributed by atoms with Crippen LogP contribution in [-0.2, 0) is 0 Å². The second-order valence-corrected chi connectivity index (χ2v) is 16.5. The summed E-state index contributed by atoms with van der Waals surface area (Å²) in [5.74, 6) is 0. The molecule has 0 aliphatic heterocycles. The van der Waals surface area contributed by atoms with Crippen LogP contribution >= 0.6 is 34.0 Å². The number of nitrogens with zero attached hydrogens (tertiary/aromatic N) is 1. The minimum absolute atomic E-state index is 1.13. The Morgan fingerprint density at radius 1 is 0.327 bits per heavy atom. The van der Waals surface area contributed by atoms with Gasteiger partial charge in [-0.2, -0.15) is 0 Å². The molecule has 3 heterocycles. The van der Waals surface area contributed by atoms with Crippen LogP contribution in [-0.4, -0.2) is 0 Å². The maximum atomic E-state index is 2.45. The summed E-state index contributed by atoms with van der Waals surface area (Å²) in [7, 11) is 0. The molecule has 0 saturated heterocycles. The summed E-state index contributed by atoms with van der Waals surface area (Å²) in [4.78, 5) is 2.45. The summed E-state index contributed by atoms with van der Waals surface area (Å²) in [6.45, 7) is 0. The van der Waals surface area contributed by atoms with Gasteiger partial charge in [-0.1, -0.05) is 115 Å². The molecule has 0 bridgehead atoms. The molecule has 52 heavy (non-hydrogen) atoms. The van der Waals surface area contributed by atoms with E-state index in [1.54, 1.807) is 0 Å². The van der Waals surface area contributed by atoms with Crippen molar-refractivity contribution >= 4 is 112 Å². The van der Waals surface area contributed by atoms with Crippen LogP contribution in [0, 0.1) is 0 Å². The fourth-order valence-electron chi connectivity index (χ4n) is 7.87. The number of anilines is 3. The van der Waals surface area contributed by atoms with Crippen LogP contribution in [0.25, 0.3) is 82.8 Å². The lowest BCUT2D eigenvalue weighted by molar-refractivity contribution is 1.30. The molecular formula is C48H29NS3. The van der Waals surface area contributed by atoms with Gasteiger partial charge in [-0.3, -0.25) is 0 Å². The number of hydrogen-bond acceptors (Lipinski definition) is 4. The van der Waals surface area contributed by atoms with Crippen molar-refractivity contribution in [3.8, 4) is 22.3 Å². The van der Waals surface area contributed by atoms with Gasteiger partial charge >= 0.3 is 0 Å². The van der Waals surface area contributed by atoms with Gasteiger partial charge in [0.05, 0.1) is 10.4 Å². The van der Waals surface area contributed by atoms with Crippen molar-refractivity contribution in [1.29, 1.82) is 0 Å². The minimum Gasteiger partial charge on any atom is -0.309 e. The first kappa shape index (κ1) is 29.9. The van der Waals surface area contributed by atoms with Gasteiger partial charge in [-0.15, -0.1) is 34.0 Å². The van der Waals surface area contributed by atoms with Gasteiger partial charge in [0.25, 0.3) is 0 Å². The molecule has 1 nitrogen and oxygen atoms in total. The highest BCUT2D eigenvalue weighted by Crippen LogP contribution is 2.47. The Morgan fingerprint density at radius 3 is 1.73 bits per heavy atom. The van der Waals surface area contributed by atoms with E-state index in [0.29, 0.717) is 0 Å². The molecule has 0 atom stereocenters. The number of hydrogen-bond donors (Lipinski definition) is 0. The van der Waals surface area contributed by atoms with Crippen LogP contribution in [0.15, 0.2) is 176 Å². The largest absolute Gasteiger partial charge is 0.309 e. The molecule has 0 spiro atoms. The first-order valence-corrected chi connectivity index (χ1v) is 19.9. The van der Waals surface area contributed by atoms with Crippen molar-refractivity contribution in [1.82, 2.24) is 0 Å². The second-order valence-electron chi connectivity index (χ2n) is 13.3. The van der Waals surface area contributed by atoms with Crippen LogP contribution in [0.1, 0.15) is 0 Å². The molecule has 0 unspecified atom stereocenters. The number of thiophene rings is 3. The van der Waals surface area contributed by atoms with Gasteiger partial charge in [-0.05, 0) is 82.9 Å². The topological polar surface area (TPSA) is 3.24 Å². The first-order chi connectivity index (χ1) is 25.8. The SMILES string of the molecule is c1cc(-c2ccc3c(c2)sc2ccccc23)cc(N(c2ccc(-c3cccc4sc5ccccc5c34)cc2)c2cccc3c2sc2ccccc23)c1. The molecule has 0 aliphatic carbocycles. The molecular weight excluding hydrogens is 687 g/mol. The molecule has 0 amide bonds. The Bertz CT molecular complexity index is 3140. The van der Waals surface area contributed by atoms with E-state index in [2.05, 4.69) is 181 Å². The Hall–Kier alpha value is -5.78. The molecule has 0 radical (unpaired) electrons. The molecule has 11 aromatic rings. The zero-order chi connectivity index (χ0) is 34.2. The van der Waals surface area contributed by atoms with Crippen molar-refractivity contribution in [2.24, 2.45) is 0 Å². The summed E-state index contributed by atoms with van der Waals surface area (Å²) < 4.78 is 7.90. The lowest BCUT2D eigenvalue weighted by atomic mass is 9.99. The zero-order valence-corrected chi connectivity index (χ0v) is 30.4.